The number of H-pyrrole nitrogens is 1. The van der Waals surface area contributed by atoms with E-state index in [2.05, 4.69) is 35.5 Å². The number of nitrogen functional groups attached to an aromatic ring is 1. The third-order valence-corrected chi connectivity index (χ3v) is 3.61. The van der Waals surface area contributed by atoms with E-state index in [1.165, 1.54) is 6.33 Å². The van der Waals surface area contributed by atoms with Crippen LogP contribution in [-0.4, -0.2) is 30.1 Å². The van der Waals surface area contributed by atoms with Crippen molar-refractivity contribution in [1.82, 2.24) is 30.1 Å². The number of hydrogen-bond acceptors (Lipinski definition) is 7. The minimum Gasteiger partial charge on any atom is -0.368 e. The Hall–Kier alpha value is -3.55. The molecule has 0 unspecified atom stereocenters. The normalized spacial score (nSPS) is 10.8. The van der Waals surface area contributed by atoms with Crippen molar-refractivity contribution >= 4 is 22.7 Å². The third kappa shape index (κ3) is 2.72. The average Bonchev–Trinajstić information content (AvgIpc) is 3.14. The van der Waals surface area contributed by atoms with Gasteiger partial charge in [0.05, 0.1) is 23.4 Å². The highest BCUT2D eigenvalue weighted by Gasteiger charge is 2.09. The summed E-state index contributed by atoms with van der Waals surface area (Å²) in [5, 5.41) is 11.1. The topological polar surface area (TPSA) is 118 Å². The maximum Gasteiger partial charge on any atom is 0.222 e. The number of nitrogens with zero attached hydrogens (tertiary/aromatic N) is 5. The molecule has 0 atom stereocenters. The van der Waals surface area contributed by atoms with Gasteiger partial charge in [-0.1, -0.05) is 6.07 Å². The number of hydrogen-bond donors (Lipinski definition) is 3. The summed E-state index contributed by atoms with van der Waals surface area (Å²) in [5.74, 6) is 0.890. The highest BCUT2D eigenvalue weighted by atomic mass is 15.1. The Labute approximate surface area is 137 Å². The Balaban J connectivity index is 1.70. The van der Waals surface area contributed by atoms with Gasteiger partial charge in [0.25, 0.3) is 0 Å². The molecule has 0 bridgehead atoms. The zero-order valence-corrected chi connectivity index (χ0v) is 12.6. The summed E-state index contributed by atoms with van der Waals surface area (Å²) in [6.07, 6.45) is 4.93. The van der Waals surface area contributed by atoms with Crippen molar-refractivity contribution in [3.8, 4) is 11.3 Å². The van der Waals surface area contributed by atoms with Crippen molar-refractivity contribution in [2.75, 3.05) is 11.1 Å². The summed E-state index contributed by atoms with van der Waals surface area (Å²) >= 11 is 0. The summed E-state index contributed by atoms with van der Waals surface area (Å²) in [6.45, 7) is 0.524. The van der Waals surface area contributed by atoms with E-state index in [0.717, 1.165) is 27.9 Å². The van der Waals surface area contributed by atoms with Crippen LogP contribution in [0.2, 0.25) is 0 Å². The van der Waals surface area contributed by atoms with Gasteiger partial charge < -0.3 is 11.1 Å². The fourth-order valence-electron chi connectivity index (χ4n) is 2.46. The SMILES string of the molecule is Nc1nc(NCc2ccncn2)c2ccc(-c3ccn[nH]3)cc2n1. The zero-order valence-electron chi connectivity index (χ0n) is 12.6. The lowest BCUT2D eigenvalue weighted by Gasteiger charge is -2.10. The molecule has 1 aromatic carbocycles. The molecule has 3 heterocycles. The van der Waals surface area contributed by atoms with E-state index >= 15 is 0 Å². The summed E-state index contributed by atoms with van der Waals surface area (Å²) in [4.78, 5) is 16.7. The van der Waals surface area contributed by atoms with Crippen molar-refractivity contribution in [3.63, 3.8) is 0 Å². The van der Waals surface area contributed by atoms with E-state index in [1.807, 2.05) is 30.3 Å². The molecule has 0 saturated carbocycles. The molecule has 8 heteroatoms. The molecule has 0 aliphatic rings. The number of nitrogens with one attached hydrogen (secondary N) is 2. The predicted octanol–water partition coefficient (Wildman–Crippen LogP) is 2.00. The number of anilines is 2. The monoisotopic (exact) mass is 318 g/mol. The van der Waals surface area contributed by atoms with Crippen molar-refractivity contribution in [3.05, 3.63) is 54.7 Å². The van der Waals surface area contributed by atoms with Gasteiger partial charge in [-0.15, -0.1) is 0 Å². The minimum atomic E-state index is 0.217. The first kappa shape index (κ1) is 14.1. The first-order valence-corrected chi connectivity index (χ1v) is 7.35. The van der Waals surface area contributed by atoms with Crippen LogP contribution in [0.3, 0.4) is 0 Å². The van der Waals surface area contributed by atoms with Crippen LogP contribution in [0.5, 0.6) is 0 Å². The Morgan fingerprint density at radius 2 is 2.04 bits per heavy atom. The first-order valence-electron chi connectivity index (χ1n) is 7.35. The molecular weight excluding hydrogens is 304 g/mol. The van der Waals surface area contributed by atoms with Crippen LogP contribution < -0.4 is 11.1 Å². The van der Waals surface area contributed by atoms with Gasteiger partial charge in [-0.25, -0.2) is 15.0 Å². The molecule has 3 aromatic heterocycles. The Bertz CT molecular complexity index is 966. The summed E-state index contributed by atoms with van der Waals surface area (Å²) < 4.78 is 0. The van der Waals surface area contributed by atoms with Gasteiger partial charge in [-0.2, -0.15) is 10.1 Å². The molecule has 4 rings (SSSR count). The van der Waals surface area contributed by atoms with Crippen molar-refractivity contribution < 1.29 is 0 Å². The van der Waals surface area contributed by atoms with E-state index in [-0.39, 0.29) is 5.95 Å². The van der Waals surface area contributed by atoms with Gasteiger partial charge in [-0.05, 0) is 24.3 Å². The van der Waals surface area contributed by atoms with E-state index in [9.17, 15) is 0 Å². The van der Waals surface area contributed by atoms with Crippen LogP contribution in [0, 0.1) is 0 Å². The molecule has 4 aromatic rings. The molecule has 0 saturated heterocycles. The van der Waals surface area contributed by atoms with E-state index in [1.54, 1.807) is 12.4 Å². The number of aromatic nitrogens is 6. The molecule has 4 N–H and O–H groups in total. The number of rotatable bonds is 4. The summed E-state index contributed by atoms with van der Waals surface area (Å²) in [5.41, 5.74) is 9.39. The van der Waals surface area contributed by atoms with E-state index < -0.39 is 0 Å². The second-order valence-corrected chi connectivity index (χ2v) is 5.19. The van der Waals surface area contributed by atoms with Crippen molar-refractivity contribution in [2.45, 2.75) is 6.54 Å². The van der Waals surface area contributed by atoms with Gasteiger partial charge in [0.15, 0.2) is 0 Å². The fourth-order valence-corrected chi connectivity index (χ4v) is 2.46. The van der Waals surface area contributed by atoms with Crippen LogP contribution in [0.4, 0.5) is 11.8 Å². The van der Waals surface area contributed by atoms with Crippen molar-refractivity contribution in [2.24, 2.45) is 0 Å². The van der Waals surface area contributed by atoms with Crippen molar-refractivity contribution in [1.29, 1.82) is 0 Å². The molecule has 0 amide bonds. The van der Waals surface area contributed by atoms with Gasteiger partial charge in [0.2, 0.25) is 5.95 Å². The molecule has 24 heavy (non-hydrogen) atoms. The summed E-state index contributed by atoms with van der Waals surface area (Å²) in [7, 11) is 0. The maximum absolute atomic E-state index is 5.85. The highest BCUT2D eigenvalue weighted by molar-refractivity contribution is 5.92. The fraction of sp³-hybridized carbons (Fsp3) is 0.0625. The van der Waals surface area contributed by atoms with Crippen LogP contribution in [0.15, 0.2) is 49.1 Å². The molecule has 0 radical (unpaired) electrons. The Morgan fingerprint density at radius 1 is 1.08 bits per heavy atom. The standard InChI is InChI=1S/C16H14N8/c17-16-22-14-7-10(13-4-6-21-24-13)1-2-12(14)15(23-16)19-8-11-3-5-18-9-20-11/h1-7,9H,8H2,(H,21,24)(H3,17,19,22,23). The van der Waals surface area contributed by atoms with Gasteiger partial charge in [-0.3, -0.25) is 5.10 Å². The predicted molar refractivity (Wildman–Crippen MR) is 90.9 cm³/mol. The molecule has 0 spiro atoms. The largest absolute Gasteiger partial charge is 0.368 e. The van der Waals surface area contributed by atoms with E-state index in [4.69, 9.17) is 5.73 Å². The minimum absolute atomic E-state index is 0.217. The lowest BCUT2D eigenvalue weighted by molar-refractivity contribution is 0.997. The van der Waals surface area contributed by atoms with Gasteiger partial charge in [0.1, 0.15) is 12.1 Å². The van der Waals surface area contributed by atoms with Crippen LogP contribution in [-0.2, 0) is 6.54 Å². The number of aromatic amines is 1. The second kappa shape index (κ2) is 5.92. The third-order valence-electron chi connectivity index (χ3n) is 3.61. The lowest BCUT2D eigenvalue weighted by atomic mass is 10.1. The maximum atomic E-state index is 5.85. The average molecular weight is 318 g/mol. The Morgan fingerprint density at radius 3 is 2.83 bits per heavy atom. The molecule has 8 nitrogen and oxygen atoms in total. The van der Waals surface area contributed by atoms with Gasteiger partial charge in [0, 0.05) is 23.3 Å². The molecule has 0 aliphatic carbocycles. The summed E-state index contributed by atoms with van der Waals surface area (Å²) in [6, 6.07) is 9.66. The van der Waals surface area contributed by atoms with E-state index in [0.29, 0.717) is 12.4 Å². The first-order chi connectivity index (χ1) is 11.8. The van der Waals surface area contributed by atoms with Gasteiger partial charge >= 0.3 is 0 Å². The van der Waals surface area contributed by atoms with Crippen LogP contribution >= 0.6 is 0 Å². The second-order valence-electron chi connectivity index (χ2n) is 5.19. The van der Waals surface area contributed by atoms with Crippen LogP contribution in [0.25, 0.3) is 22.2 Å². The smallest absolute Gasteiger partial charge is 0.222 e. The van der Waals surface area contributed by atoms with Crippen LogP contribution in [0.1, 0.15) is 5.69 Å². The number of fused-ring (bicyclic) bond motifs is 1. The Kier molecular flexibility index (Phi) is 3.47. The molecule has 118 valence electrons. The lowest BCUT2D eigenvalue weighted by Crippen LogP contribution is -2.06. The number of nitrogens with two attached hydrogens (primary N) is 1. The molecule has 0 aliphatic heterocycles. The molecular formula is C16H14N8. The highest BCUT2D eigenvalue weighted by Crippen LogP contribution is 2.26. The molecule has 0 fully saturated rings. The zero-order chi connectivity index (χ0) is 16.4. The number of benzene rings is 1. The quantitative estimate of drug-likeness (QED) is 0.526.